The zero-order chi connectivity index (χ0) is 28.9. The molecule has 1 saturated heterocycles. The summed E-state index contributed by atoms with van der Waals surface area (Å²) in [6.45, 7) is 12.4. The molecule has 8 nitrogen and oxygen atoms in total. The molecule has 3 aromatic rings. The lowest BCUT2D eigenvalue weighted by Gasteiger charge is -2.34. The Balaban J connectivity index is 1.53. The maximum absolute atomic E-state index is 13.1. The summed E-state index contributed by atoms with van der Waals surface area (Å²) in [7, 11) is -3.38. The fourth-order valence-corrected chi connectivity index (χ4v) is 6.76. The Morgan fingerprint density at radius 2 is 1.90 bits per heavy atom. The number of hydrogen-bond acceptors (Lipinski definition) is 7. The Bertz CT molecular complexity index is 1590. The zero-order valence-electron chi connectivity index (χ0n) is 24.0. The van der Waals surface area contributed by atoms with Crippen molar-refractivity contribution in [3.05, 3.63) is 71.3 Å². The van der Waals surface area contributed by atoms with Crippen LogP contribution in [0.2, 0.25) is 0 Å². The first-order valence-electron chi connectivity index (χ1n) is 13.5. The van der Waals surface area contributed by atoms with E-state index in [9.17, 15) is 13.2 Å². The molecule has 1 fully saturated rings. The Hall–Kier alpha value is -3.43. The summed E-state index contributed by atoms with van der Waals surface area (Å²) in [5.41, 5.74) is 2.17. The molecule has 0 saturated carbocycles. The number of fused-ring (bicyclic) bond motifs is 2. The Morgan fingerprint density at radius 1 is 1.15 bits per heavy atom. The molecule has 1 aromatic heterocycles. The van der Waals surface area contributed by atoms with Crippen molar-refractivity contribution in [2.45, 2.75) is 70.4 Å². The average molecular weight is 564 g/mol. The SMILES string of the molecule is Cc1ccc2nc(N3CCS(=O)(=O)c4ccccc4C3)cc(/C=C/[C@@H]3COC(C)(C)N3C(=O)OC(C)(C)C)c2c1. The minimum atomic E-state index is -3.38. The number of amides is 1. The van der Waals surface area contributed by atoms with Crippen LogP contribution in [0.3, 0.4) is 0 Å². The summed E-state index contributed by atoms with van der Waals surface area (Å²) >= 11 is 0. The van der Waals surface area contributed by atoms with Gasteiger partial charge in [0, 0.05) is 18.5 Å². The standard InChI is InChI=1S/C31H37N3O5S/c1-21-11-14-26-25(17-21)22(12-13-24-20-38-31(5,6)34(24)29(35)39-30(2,3)4)18-28(32-26)33-15-16-40(36,37)27-10-8-7-9-23(27)19-33/h7-14,17-18,24H,15-16,19-20H2,1-6H3/b13-12+/t24-/m1/s1. The molecule has 1 atom stereocenters. The third-order valence-electron chi connectivity index (χ3n) is 7.21. The van der Waals surface area contributed by atoms with E-state index in [0.29, 0.717) is 30.4 Å². The molecule has 9 heteroatoms. The van der Waals surface area contributed by atoms with Crippen LogP contribution < -0.4 is 4.90 Å². The first-order valence-corrected chi connectivity index (χ1v) is 15.2. The van der Waals surface area contributed by atoms with Crippen molar-refractivity contribution >= 4 is 38.7 Å². The predicted octanol–water partition coefficient (Wildman–Crippen LogP) is 5.72. The smallest absolute Gasteiger partial charge is 0.413 e. The number of ether oxygens (including phenoxy) is 2. The fourth-order valence-electron chi connectivity index (χ4n) is 5.26. The Labute approximate surface area is 236 Å². The molecule has 2 aliphatic heterocycles. The van der Waals surface area contributed by atoms with Gasteiger partial charge in [-0.05, 0) is 76.9 Å². The van der Waals surface area contributed by atoms with Gasteiger partial charge in [-0.2, -0.15) is 0 Å². The van der Waals surface area contributed by atoms with E-state index in [1.165, 1.54) is 0 Å². The van der Waals surface area contributed by atoms with E-state index in [0.717, 1.165) is 27.6 Å². The van der Waals surface area contributed by atoms with Crippen LogP contribution in [-0.2, 0) is 25.9 Å². The molecule has 2 aliphatic rings. The third-order valence-corrected chi connectivity index (χ3v) is 9.00. The minimum absolute atomic E-state index is 0.0160. The van der Waals surface area contributed by atoms with E-state index >= 15 is 0 Å². The number of aromatic nitrogens is 1. The number of nitrogens with zero attached hydrogens (tertiary/aromatic N) is 3. The monoisotopic (exact) mass is 563 g/mol. The van der Waals surface area contributed by atoms with E-state index < -0.39 is 27.3 Å². The van der Waals surface area contributed by atoms with Gasteiger partial charge in [0.2, 0.25) is 0 Å². The number of benzene rings is 2. The van der Waals surface area contributed by atoms with Gasteiger partial charge >= 0.3 is 6.09 Å². The number of pyridine rings is 1. The lowest BCUT2D eigenvalue weighted by Crippen LogP contribution is -2.49. The molecule has 0 aliphatic carbocycles. The quantitative estimate of drug-likeness (QED) is 0.403. The molecule has 2 aromatic carbocycles. The number of hydrogen-bond donors (Lipinski definition) is 0. The topological polar surface area (TPSA) is 89.0 Å². The van der Waals surface area contributed by atoms with Gasteiger partial charge < -0.3 is 14.4 Å². The highest BCUT2D eigenvalue weighted by molar-refractivity contribution is 7.91. The molecule has 3 heterocycles. The van der Waals surface area contributed by atoms with Gasteiger partial charge in [0.15, 0.2) is 9.84 Å². The average Bonchev–Trinajstić information content (AvgIpc) is 3.10. The Morgan fingerprint density at radius 3 is 2.65 bits per heavy atom. The van der Waals surface area contributed by atoms with Crippen molar-refractivity contribution in [3.63, 3.8) is 0 Å². The summed E-state index contributed by atoms with van der Waals surface area (Å²) in [6, 6.07) is 15.0. The summed E-state index contributed by atoms with van der Waals surface area (Å²) < 4.78 is 37.6. The van der Waals surface area contributed by atoms with Crippen molar-refractivity contribution in [2.75, 3.05) is 23.8 Å². The maximum Gasteiger partial charge on any atom is 0.413 e. The highest BCUT2D eigenvalue weighted by atomic mass is 32.2. The van der Waals surface area contributed by atoms with Gasteiger partial charge in [-0.25, -0.2) is 18.2 Å². The first kappa shape index (κ1) is 28.1. The number of anilines is 1. The van der Waals surface area contributed by atoms with E-state index in [4.69, 9.17) is 14.5 Å². The number of aryl methyl sites for hydroxylation is 1. The fraction of sp³-hybridized carbons (Fsp3) is 0.419. The molecular formula is C31H37N3O5S. The van der Waals surface area contributed by atoms with Crippen molar-refractivity contribution in [1.29, 1.82) is 0 Å². The number of sulfone groups is 1. The molecular weight excluding hydrogens is 526 g/mol. The molecule has 0 spiro atoms. The molecule has 212 valence electrons. The summed E-state index contributed by atoms with van der Waals surface area (Å²) in [5, 5.41) is 0.977. The van der Waals surface area contributed by atoms with Gasteiger partial charge in [0.05, 0.1) is 28.8 Å². The van der Waals surface area contributed by atoms with Crippen LogP contribution in [0.25, 0.3) is 17.0 Å². The van der Waals surface area contributed by atoms with E-state index in [1.54, 1.807) is 17.0 Å². The van der Waals surface area contributed by atoms with Crippen molar-refractivity contribution in [2.24, 2.45) is 0 Å². The molecule has 40 heavy (non-hydrogen) atoms. The lowest BCUT2D eigenvalue weighted by molar-refractivity contribution is -0.0610. The highest BCUT2D eigenvalue weighted by Crippen LogP contribution is 2.33. The van der Waals surface area contributed by atoms with Crippen LogP contribution in [0.4, 0.5) is 10.6 Å². The second-order valence-electron chi connectivity index (χ2n) is 12.0. The molecule has 0 bridgehead atoms. The van der Waals surface area contributed by atoms with Crippen LogP contribution in [-0.4, -0.2) is 60.7 Å². The van der Waals surface area contributed by atoms with Crippen LogP contribution in [0.15, 0.2) is 59.5 Å². The first-order chi connectivity index (χ1) is 18.7. The van der Waals surface area contributed by atoms with Crippen LogP contribution in [0.1, 0.15) is 51.3 Å². The van der Waals surface area contributed by atoms with E-state index in [2.05, 4.69) is 6.07 Å². The van der Waals surface area contributed by atoms with Gasteiger partial charge in [0.1, 0.15) is 17.1 Å². The van der Waals surface area contributed by atoms with Gasteiger partial charge in [-0.3, -0.25) is 4.90 Å². The number of rotatable bonds is 3. The van der Waals surface area contributed by atoms with Gasteiger partial charge in [-0.1, -0.05) is 42.0 Å². The largest absolute Gasteiger partial charge is 0.444 e. The predicted molar refractivity (Wildman–Crippen MR) is 157 cm³/mol. The highest BCUT2D eigenvalue weighted by Gasteiger charge is 2.44. The van der Waals surface area contributed by atoms with Crippen molar-refractivity contribution in [1.82, 2.24) is 9.88 Å². The lowest BCUT2D eigenvalue weighted by atomic mass is 10.0. The van der Waals surface area contributed by atoms with E-state index in [1.807, 2.05) is 88.9 Å². The second kappa shape index (κ2) is 10.2. The second-order valence-corrected chi connectivity index (χ2v) is 14.1. The summed E-state index contributed by atoms with van der Waals surface area (Å²) in [4.78, 5) is 22.1. The summed E-state index contributed by atoms with van der Waals surface area (Å²) in [5.74, 6) is 0.720. The van der Waals surface area contributed by atoms with Crippen LogP contribution in [0, 0.1) is 6.92 Å². The van der Waals surface area contributed by atoms with Crippen LogP contribution >= 0.6 is 0 Å². The number of carbonyl (C=O) groups is 1. The third kappa shape index (κ3) is 5.71. The normalized spacial score (nSPS) is 20.5. The van der Waals surface area contributed by atoms with Crippen LogP contribution in [0.5, 0.6) is 0 Å². The minimum Gasteiger partial charge on any atom is -0.444 e. The molecule has 0 radical (unpaired) electrons. The molecule has 1 amide bonds. The summed E-state index contributed by atoms with van der Waals surface area (Å²) in [6.07, 6.45) is 3.55. The molecule has 5 rings (SSSR count). The van der Waals surface area contributed by atoms with Gasteiger partial charge in [-0.15, -0.1) is 0 Å². The van der Waals surface area contributed by atoms with Crippen molar-refractivity contribution < 1.29 is 22.7 Å². The number of carbonyl (C=O) groups excluding carboxylic acids is 1. The Kier molecular flexibility index (Phi) is 7.17. The van der Waals surface area contributed by atoms with Gasteiger partial charge in [0.25, 0.3) is 0 Å². The van der Waals surface area contributed by atoms with Crippen molar-refractivity contribution in [3.8, 4) is 0 Å². The molecule has 0 unspecified atom stereocenters. The van der Waals surface area contributed by atoms with E-state index in [-0.39, 0.29) is 11.8 Å². The zero-order valence-corrected chi connectivity index (χ0v) is 24.8. The molecule has 0 N–H and O–H groups in total. The maximum atomic E-state index is 13.1.